The van der Waals surface area contributed by atoms with Gasteiger partial charge in [-0.2, -0.15) is 0 Å². The van der Waals surface area contributed by atoms with Gasteiger partial charge in [-0.1, -0.05) is 12.8 Å². The summed E-state index contributed by atoms with van der Waals surface area (Å²) in [5, 5.41) is 0. The second-order valence-electron chi connectivity index (χ2n) is 5.10. The number of rotatable bonds is 3. The van der Waals surface area contributed by atoms with Gasteiger partial charge in [0.25, 0.3) is 0 Å². The summed E-state index contributed by atoms with van der Waals surface area (Å²) < 4.78 is 5.38. The molecule has 1 saturated heterocycles. The van der Waals surface area contributed by atoms with Gasteiger partial charge in [0, 0.05) is 19.2 Å². The molecule has 3 nitrogen and oxygen atoms in total. The van der Waals surface area contributed by atoms with Gasteiger partial charge in [-0.3, -0.25) is 4.90 Å². The van der Waals surface area contributed by atoms with E-state index in [9.17, 15) is 0 Å². The molecule has 2 rings (SSSR count). The van der Waals surface area contributed by atoms with Crippen LogP contribution in [0.4, 0.5) is 0 Å². The van der Waals surface area contributed by atoms with E-state index in [4.69, 9.17) is 10.5 Å². The smallest absolute Gasteiger partial charge is 0.0607 e. The summed E-state index contributed by atoms with van der Waals surface area (Å²) in [5.74, 6) is 0. The zero-order valence-electron chi connectivity index (χ0n) is 9.87. The lowest BCUT2D eigenvalue weighted by Gasteiger charge is -2.53. The van der Waals surface area contributed by atoms with Gasteiger partial charge < -0.3 is 10.5 Å². The van der Waals surface area contributed by atoms with Gasteiger partial charge in [0.15, 0.2) is 0 Å². The van der Waals surface area contributed by atoms with E-state index in [1.54, 1.807) is 0 Å². The Morgan fingerprint density at radius 2 is 1.80 bits per heavy atom. The fraction of sp³-hybridized carbons (Fsp3) is 1.00. The van der Waals surface area contributed by atoms with Gasteiger partial charge in [-0.05, 0) is 38.8 Å². The predicted octanol–water partition coefficient (Wildman–Crippen LogP) is 1.37. The minimum atomic E-state index is 0.283. The molecule has 3 heteroatoms. The molecule has 0 atom stereocenters. The normalized spacial score (nSPS) is 38.4. The van der Waals surface area contributed by atoms with Crippen molar-refractivity contribution in [2.75, 3.05) is 26.7 Å². The lowest BCUT2D eigenvalue weighted by Crippen LogP contribution is -2.64. The molecule has 1 saturated carbocycles. The molecule has 0 aromatic heterocycles. The molecule has 0 unspecified atom stereocenters. The molecule has 0 aromatic rings. The minimum absolute atomic E-state index is 0.283. The van der Waals surface area contributed by atoms with Crippen molar-refractivity contribution in [1.29, 1.82) is 0 Å². The molecule has 0 aromatic carbocycles. The van der Waals surface area contributed by atoms with Crippen LogP contribution >= 0.6 is 0 Å². The zero-order valence-corrected chi connectivity index (χ0v) is 9.87. The maximum absolute atomic E-state index is 5.97. The van der Waals surface area contributed by atoms with Crippen LogP contribution < -0.4 is 5.73 Å². The third kappa shape index (κ3) is 2.19. The fourth-order valence-electron chi connectivity index (χ4n) is 3.05. The SMILES string of the molecule is COC1CC(CN)(N2CCCCCC2)C1. The van der Waals surface area contributed by atoms with E-state index < -0.39 is 0 Å². The quantitative estimate of drug-likeness (QED) is 0.768. The predicted molar refractivity (Wildman–Crippen MR) is 61.9 cm³/mol. The molecule has 0 spiro atoms. The molecular weight excluding hydrogens is 188 g/mol. The van der Waals surface area contributed by atoms with Crippen molar-refractivity contribution in [2.24, 2.45) is 5.73 Å². The van der Waals surface area contributed by atoms with E-state index in [2.05, 4.69) is 4.90 Å². The Hall–Kier alpha value is -0.120. The molecule has 15 heavy (non-hydrogen) atoms. The summed E-state index contributed by atoms with van der Waals surface area (Å²) in [4.78, 5) is 2.63. The average molecular weight is 212 g/mol. The number of hydrogen-bond donors (Lipinski definition) is 1. The average Bonchev–Trinajstić information content (AvgIpc) is 2.47. The highest BCUT2D eigenvalue weighted by Crippen LogP contribution is 2.39. The number of nitrogens with two attached hydrogens (primary N) is 1. The first-order valence-corrected chi connectivity index (χ1v) is 6.29. The molecule has 2 N–H and O–H groups in total. The molecule has 1 aliphatic carbocycles. The van der Waals surface area contributed by atoms with Crippen LogP contribution in [0.15, 0.2) is 0 Å². The van der Waals surface area contributed by atoms with E-state index >= 15 is 0 Å². The number of likely N-dealkylation sites (tertiary alicyclic amines) is 1. The molecule has 2 fully saturated rings. The number of hydrogen-bond acceptors (Lipinski definition) is 3. The number of nitrogens with zero attached hydrogens (tertiary/aromatic N) is 1. The van der Waals surface area contributed by atoms with Crippen LogP contribution in [-0.4, -0.2) is 43.3 Å². The highest BCUT2D eigenvalue weighted by molar-refractivity contribution is 5.04. The van der Waals surface area contributed by atoms with Crippen molar-refractivity contribution in [3.63, 3.8) is 0 Å². The summed E-state index contributed by atoms with van der Waals surface area (Å²) in [5.41, 5.74) is 6.25. The van der Waals surface area contributed by atoms with Gasteiger partial charge in [0.1, 0.15) is 0 Å². The first-order valence-electron chi connectivity index (χ1n) is 6.29. The topological polar surface area (TPSA) is 38.5 Å². The standard InChI is InChI=1S/C12H24N2O/c1-15-11-8-12(9-11,10-13)14-6-4-2-3-5-7-14/h11H,2-10,13H2,1H3. The van der Waals surface area contributed by atoms with Crippen molar-refractivity contribution >= 4 is 0 Å². The van der Waals surface area contributed by atoms with Crippen molar-refractivity contribution in [3.05, 3.63) is 0 Å². The van der Waals surface area contributed by atoms with Crippen LogP contribution in [0.3, 0.4) is 0 Å². The maximum Gasteiger partial charge on any atom is 0.0607 e. The molecule has 1 aliphatic heterocycles. The highest BCUT2D eigenvalue weighted by atomic mass is 16.5. The fourth-order valence-corrected chi connectivity index (χ4v) is 3.05. The third-order valence-corrected chi connectivity index (χ3v) is 4.21. The Morgan fingerprint density at radius 1 is 1.20 bits per heavy atom. The van der Waals surface area contributed by atoms with E-state index in [0.717, 1.165) is 19.4 Å². The van der Waals surface area contributed by atoms with Crippen molar-refractivity contribution < 1.29 is 4.74 Å². The molecule has 2 aliphatic rings. The van der Waals surface area contributed by atoms with Gasteiger partial charge in [0.2, 0.25) is 0 Å². The summed E-state index contributed by atoms with van der Waals surface area (Å²) in [6.07, 6.45) is 8.21. The lowest BCUT2D eigenvalue weighted by molar-refractivity contribution is -0.0861. The highest BCUT2D eigenvalue weighted by Gasteiger charge is 2.47. The van der Waals surface area contributed by atoms with Gasteiger partial charge in [-0.25, -0.2) is 0 Å². The van der Waals surface area contributed by atoms with Crippen molar-refractivity contribution in [2.45, 2.75) is 50.2 Å². The summed E-state index contributed by atoms with van der Waals surface area (Å²) in [6.45, 7) is 3.29. The third-order valence-electron chi connectivity index (χ3n) is 4.21. The van der Waals surface area contributed by atoms with E-state index in [-0.39, 0.29) is 5.54 Å². The monoisotopic (exact) mass is 212 g/mol. The first-order chi connectivity index (χ1) is 7.30. The van der Waals surface area contributed by atoms with Crippen LogP contribution in [0, 0.1) is 0 Å². The van der Waals surface area contributed by atoms with Gasteiger partial charge >= 0.3 is 0 Å². The Balaban J connectivity index is 1.94. The van der Waals surface area contributed by atoms with Gasteiger partial charge in [-0.15, -0.1) is 0 Å². The van der Waals surface area contributed by atoms with E-state index in [1.807, 2.05) is 7.11 Å². The summed E-state index contributed by atoms with van der Waals surface area (Å²) in [6, 6.07) is 0. The summed E-state index contributed by atoms with van der Waals surface area (Å²) in [7, 11) is 1.81. The Bertz CT molecular complexity index is 194. The van der Waals surface area contributed by atoms with Crippen LogP contribution in [0.5, 0.6) is 0 Å². The second-order valence-corrected chi connectivity index (χ2v) is 5.10. The van der Waals surface area contributed by atoms with E-state index in [1.165, 1.54) is 38.8 Å². The van der Waals surface area contributed by atoms with Crippen LogP contribution in [0.25, 0.3) is 0 Å². The van der Waals surface area contributed by atoms with Crippen molar-refractivity contribution in [3.8, 4) is 0 Å². The maximum atomic E-state index is 5.97. The second kappa shape index (κ2) is 4.81. The molecule has 0 radical (unpaired) electrons. The minimum Gasteiger partial charge on any atom is -0.381 e. The van der Waals surface area contributed by atoms with Crippen molar-refractivity contribution in [1.82, 2.24) is 4.90 Å². The first kappa shape index (κ1) is 11.4. The lowest BCUT2D eigenvalue weighted by atomic mass is 9.72. The Kier molecular flexibility index (Phi) is 3.65. The van der Waals surface area contributed by atoms with Crippen LogP contribution in [0.1, 0.15) is 38.5 Å². The van der Waals surface area contributed by atoms with Crippen LogP contribution in [0.2, 0.25) is 0 Å². The zero-order chi connectivity index (χ0) is 10.7. The molecule has 88 valence electrons. The molecule has 0 amide bonds. The summed E-state index contributed by atoms with van der Waals surface area (Å²) >= 11 is 0. The Labute approximate surface area is 93.0 Å². The van der Waals surface area contributed by atoms with Gasteiger partial charge in [0.05, 0.1) is 6.10 Å². The van der Waals surface area contributed by atoms with Crippen LogP contribution in [-0.2, 0) is 4.74 Å². The molecule has 1 heterocycles. The Morgan fingerprint density at radius 3 is 2.27 bits per heavy atom. The number of methoxy groups -OCH3 is 1. The molecular formula is C12H24N2O. The molecule has 0 bridgehead atoms. The van der Waals surface area contributed by atoms with E-state index in [0.29, 0.717) is 6.10 Å². The largest absolute Gasteiger partial charge is 0.381 e. The number of ether oxygens (including phenoxy) is 1.